The Morgan fingerprint density at radius 3 is 2.54 bits per heavy atom. The molecule has 2 heterocycles. The summed E-state index contributed by atoms with van der Waals surface area (Å²) in [6.45, 7) is 3.93. The Kier molecular flexibility index (Phi) is 3.99. The predicted molar refractivity (Wildman–Crippen MR) is 98.0 cm³/mol. The van der Waals surface area contributed by atoms with Crippen molar-refractivity contribution < 1.29 is 19.3 Å². The highest BCUT2D eigenvalue weighted by Crippen LogP contribution is 2.48. The van der Waals surface area contributed by atoms with Gasteiger partial charge < -0.3 is 10.6 Å². The third-order valence-electron chi connectivity index (χ3n) is 5.57. The molecule has 9 heteroatoms. The van der Waals surface area contributed by atoms with E-state index in [1.807, 2.05) is 13.8 Å². The first-order valence-corrected chi connectivity index (χ1v) is 9.05. The third-order valence-corrected chi connectivity index (χ3v) is 5.57. The highest BCUT2D eigenvalue weighted by atomic mass is 16.6. The fraction of sp³-hybridized carbons (Fsp3) is 0.421. The summed E-state index contributed by atoms with van der Waals surface area (Å²) in [5.74, 6) is -2.38. The number of carbonyl (C=O) groups excluding carboxylic acids is 3. The minimum absolute atomic E-state index is 0.134. The number of nitro groups is 1. The molecule has 0 bridgehead atoms. The van der Waals surface area contributed by atoms with Gasteiger partial charge in [-0.05, 0) is 11.8 Å². The Balaban J connectivity index is 1.94. The summed E-state index contributed by atoms with van der Waals surface area (Å²) in [6, 6.07) is 5.50. The Labute approximate surface area is 160 Å². The Bertz CT molecular complexity index is 951. The number of benzene rings is 1. The van der Waals surface area contributed by atoms with E-state index in [0.717, 1.165) is 0 Å². The highest BCUT2D eigenvalue weighted by molar-refractivity contribution is 6.04. The van der Waals surface area contributed by atoms with Gasteiger partial charge in [0.1, 0.15) is 6.17 Å². The van der Waals surface area contributed by atoms with Gasteiger partial charge in [-0.15, -0.1) is 0 Å². The lowest BCUT2D eigenvalue weighted by atomic mass is 9.65. The zero-order valence-electron chi connectivity index (χ0n) is 15.4. The zero-order chi connectivity index (χ0) is 20.2. The van der Waals surface area contributed by atoms with Crippen LogP contribution in [0.2, 0.25) is 0 Å². The van der Waals surface area contributed by atoms with Crippen LogP contribution in [-0.2, 0) is 9.59 Å². The highest BCUT2D eigenvalue weighted by Gasteiger charge is 2.52. The molecule has 9 nitrogen and oxygen atoms in total. The molecule has 4 rings (SSSR count). The molecule has 2 aliphatic heterocycles. The normalized spacial score (nSPS) is 28.5. The van der Waals surface area contributed by atoms with Crippen molar-refractivity contribution >= 4 is 23.4 Å². The number of rotatable bonds is 2. The molecule has 0 radical (unpaired) electrons. The Morgan fingerprint density at radius 1 is 1.11 bits per heavy atom. The van der Waals surface area contributed by atoms with Gasteiger partial charge in [-0.2, -0.15) is 0 Å². The van der Waals surface area contributed by atoms with Crippen molar-refractivity contribution in [2.75, 3.05) is 0 Å². The lowest BCUT2D eigenvalue weighted by Gasteiger charge is -2.46. The average molecular weight is 384 g/mol. The van der Waals surface area contributed by atoms with Gasteiger partial charge in [0.05, 0.1) is 10.8 Å². The van der Waals surface area contributed by atoms with Crippen LogP contribution in [0.15, 0.2) is 35.5 Å². The smallest absolute Gasteiger partial charge is 0.323 e. The molecule has 3 unspecified atom stereocenters. The number of amides is 3. The van der Waals surface area contributed by atoms with E-state index >= 15 is 0 Å². The molecule has 28 heavy (non-hydrogen) atoms. The van der Waals surface area contributed by atoms with Crippen LogP contribution < -0.4 is 16.0 Å². The second-order valence-corrected chi connectivity index (χ2v) is 8.24. The van der Waals surface area contributed by atoms with E-state index in [9.17, 15) is 24.5 Å². The summed E-state index contributed by atoms with van der Waals surface area (Å²) in [4.78, 5) is 48.7. The van der Waals surface area contributed by atoms with Crippen molar-refractivity contribution in [1.82, 2.24) is 16.0 Å². The second-order valence-electron chi connectivity index (χ2n) is 8.24. The molecule has 3 aliphatic rings. The number of ketones is 1. The molecule has 1 aromatic carbocycles. The van der Waals surface area contributed by atoms with E-state index in [0.29, 0.717) is 23.3 Å². The molecule has 1 fully saturated rings. The minimum Gasteiger partial charge on any atom is -0.368 e. The van der Waals surface area contributed by atoms with Crippen LogP contribution >= 0.6 is 0 Å². The maximum absolute atomic E-state index is 13.1. The molecular weight excluding hydrogens is 364 g/mol. The van der Waals surface area contributed by atoms with Crippen molar-refractivity contribution in [3.63, 3.8) is 0 Å². The molecule has 0 saturated carbocycles. The quantitative estimate of drug-likeness (QED) is 0.526. The number of fused-ring (bicyclic) bond motifs is 1. The first-order chi connectivity index (χ1) is 13.2. The van der Waals surface area contributed by atoms with Gasteiger partial charge in [0.25, 0.3) is 5.69 Å². The first kappa shape index (κ1) is 18.1. The summed E-state index contributed by atoms with van der Waals surface area (Å²) < 4.78 is 0. The Morgan fingerprint density at radius 2 is 1.82 bits per heavy atom. The number of nitro benzene ring substituents is 1. The van der Waals surface area contributed by atoms with Gasteiger partial charge >= 0.3 is 6.03 Å². The van der Waals surface area contributed by atoms with Crippen LogP contribution in [-0.4, -0.2) is 28.8 Å². The SMILES string of the molecule is CC1(C)CC(=O)C2=C(C1)NC1NC(=O)NC(=O)C1C2c1ccccc1[N+](=O)[O-]. The lowest BCUT2D eigenvalue weighted by molar-refractivity contribution is -0.385. The van der Waals surface area contributed by atoms with Crippen molar-refractivity contribution in [3.8, 4) is 0 Å². The standard InChI is InChI=1S/C19H20N4O5/c1-19(2)7-10-14(12(24)8-19)13(9-5-3-4-6-11(9)23(27)28)15-16(20-10)21-18(26)22-17(15)25/h3-6,13,15-16,20H,7-8H2,1-2H3,(H2,21,22,25,26). The number of nitrogens with zero attached hydrogens (tertiary/aromatic N) is 1. The van der Waals surface area contributed by atoms with Crippen molar-refractivity contribution in [2.24, 2.45) is 11.3 Å². The van der Waals surface area contributed by atoms with Crippen molar-refractivity contribution in [3.05, 3.63) is 51.2 Å². The first-order valence-electron chi connectivity index (χ1n) is 9.05. The van der Waals surface area contributed by atoms with E-state index in [2.05, 4.69) is 16.0 Å². The van der Waals surface area contributed by atoms with E-state index in [4.69, 9.17) is 0 Å². The third kappa shape index (κ3) is 2.83. The van der Waals surface area contributed by atoms with Crippen LogP contribution in [0, 0.1) is 21.4 Å². The number of Topliss-reactive ketones (excluding diaryl/α,β-unsaturated/α-hetero) is 1. The van der Waals surface area contributed by atoms with Crippen LogP contribution in [0.25, 0.3) is 0 Å². The van der Waals surface area contributed by atoms with E-state index in [1.54, 1.807) is 18.2 Å². The number of hydrogen-bond acceptors (Lipinski definition) is 6. The van der Waals surface area contributed by atoms with E-state index < -0.39 is 34.9 Å². The molecule has 1 aromatic rings. The molecule has 3 atom stereocenters. The van der Waals surface area contributed by atoms with Gasteiger partial charge in [0, 0.05) is 35.2 Å². The summed E-state index contributed by atoms with van der Waals surface area (Å²) >= 11 is 0. The topological polar surface area (TPSA) is 130 Å². The summed E-state index contributed by atoms with van der Waals surface area (Å²) in [5, 5.41) is 19.7. The molecule has 0 aromatic heterocycles. The van der Waals surface area contributed by atoms with Gasteiger partial charge in [-0.1, -0.05) is 32.0 Å². The maximum Gasteiger partial charge on any atom is 0.323 e. The second kappa shape index (κ2) is 6.15. The van der Waals surface area contributed by atoms with Gasteiger partial charge in [-0.3, -0.25) is 25.0 Å². The van der Waals surface area contributed by atoms with Crippen LogP contribution in [0.4, 0.5) is 10.5 Å². The van der Waals surface area contributed by atoms with Crippen molar-refractivity contribution in [1.29, 1.82) is 0 Å². The van der Waals surface area contributed by atoms with Gasteiger partial charge in [-0.25, -0.2) is 4.79 Å². The van der Waals surface area contributed by atoms with Gasteiger partial charge in [0.2, 0.25) is 5.91 Å². The summed E-state index contributed by atoms with van der Waals surface area (Å²) in [5.41, 5.74) is 0.907. The number of imide groups is 1. The maximum atomic E-state index is 13.1. The molecule has 3 amide bonds. The number of carbonyl (C=O) groups is 3. The molecular formula is C19H20N4O5. The fourth-order valence-electron chi connectivity index (χ4n) is 4.54. The molecule has 3 N–H and O–H groups in total. The summed E-state index contributed by atoms with van der Waals surface area (Å²) in [6.07, 6.45) is 0.0913. The summed E-state index contributed by atoms with van der Waals surface area (Å²) in [7, 11) is 0. The van der Waals surface area contributed by atoms with Gasteiger partial charge in [0.15, 0.2) is 5.78 Å². The molecule has 0 spiro atoms. The molecule has 1 aliphatic carbocycles. The number of hydrogen-bond donors (Lipinski definition) is 3. The Hall–Kier alpha value is -3.23. The fourth-order valence-corrected chi connectivity index (χ4v) is 4.54. The minimum atomic E-state index is -0.872. The van der Waals surface area contributed by atoms with Crippen molar-refractivity contribution in [2.45, 2.75) is 38.8 Å². The zero-order valence-corrected chi connectivity index (χ0v) is 15.4. The number of allylic oxidation sites excluding steroid dienone is 2. The average Bonchev–Trinajstić information content (AvgIpc) is 2.58. The number of para-hydroxylation sites is 1. The molecule has 146 valence electrons. The predicted octanol–water partition coefficient (Wildman–Crippen LogP) is 1.71. The lowest BCUT2D eigenvalue weighted by Crippen LogP contribution is -2.66. The monoisotopic (exact) mass is 384 g/mol. The molecule has 1 saturated heterocycles. The van der Waals surface area contributed by atoms with Crippen LogP contribution in [0.1, 0.15) is 38.2 Å². The van der Waals surface area contributed by atoms with E-state index in [-0.39, 0.29) is 23.3 Å². The number of nitrogens with one attached hydrogen (secondary N) is 3. The largest absolute Gasteiger partial charge is 0.368 e. The van der Waals surface area contributed by atoms with Crippen LogP contribution in [0.3, 0.4) is 0 Å². The van der Waals surface area contributed by atoms with Crippen LogP contribution in [0.5, 0.6) is 0 Å². The number of urea groups is 1. The van der Waals surface area contributed by atoms with E-state index in [1.165, 1.54) is 6.07 Å².